The van der Waals surface area contributed by atoms with Crippen LogP contribution >= 0.6 is 0 Å². The third-order valence-corrected chi connectivity index (χ3v) is 13.2. The van der Waals surface area contributed by atoms with Crippen molar-refractivity contribution >= 4 is 17.9 Å². The van der Waals surface area contributed by atoms with E-state index in [1.165, 1.54) is 103 Å². The van der Waals surface area contributed by atoms with Crippen LogP contribution in [0.3, 0.4) is 0 Å². The summed E-state index contributed by atoms with van der Waals surface area (Å²) in [5.41, 5.74) is 0. The number of carbonyl (C=O) groups excluding carboxylic acids is 3. The molecule has 0 saturated heterocycles. The number of hydrogen-bond acceptors (Lipinski definition) is 6. The molecule has 0 aliphatic carbocycles. The van der Waals surface area contributed by atoms with Crippen LogP contribution in [0.2, 0.25) is 0 Å². The summed E-state index contributed by atoms with van der Waals surface area (Å²) in [5, 5.41) is 0. The molecular formula is C70H116O6. The quantitative estimate of drug-likeness (QED) is 0.0261. The Bertz CT molecular complexity index is 1590. The zero-order valence-corrected chi connectivity index (χ0v) is 49.5. The van der Waals surface area contributed by atoms with E-state index in [0.29, 0.717) is 19.3 Å². The van der Waals surface area contributed by atoms with Crippen molar-refractivity contribution < 1.29 is 28.6 Å². The zero-order chi connectivity index (χ0) is 55.0. The first-order valence-corrected chi connectivity index (χ1v) is 31.5. The number of hydrogen-bond donors (Lipinski definition) is 0. The van der Waals surface area contributed by atoms with E-state index < -0.39 is 6.10 Å². The van der Waals surface area contributed by atoms with Crippen LogP contribution in [-0.4, -0.2) is 37.2 Å². The summed E-state index contributed by atoms with van der Waals surface area (Å²) in [6, 6.07) is 0. The molecule has 0 amide bonds. The Balaban J connectivity index is 4.22. The molecule has 0 rings (SSSR count). The zero-order valence-electron chi connectivity index (χ0n) is 49.5. The average Bonchev–Trinajstić information content (AvgIpc) is 3.42. The second-order valence-electron chi connectivity index (χ2n) is 20.5. The van der Waals surface area contributed by atoms with Gasteiger partial charge in [-0.25, -0.2) is 0 Å². The summed E-state index contributed by atoms with van der Waals surface area (Å²) in [7, 11) is 0. The molecule has 0 bridgehead atoms. The maximum Gasteiger partial charge on any atom is 0.306 e. The van der Waals surface area contributed by atoms with E-state index in [2.05, 4.69) is 142 Å². The van der Waals surface area contributed by atoms with Gasteiger partial charge in [0.2, 0.25) is 0 Å². The van der Waals surface area contributed by atoms with E-state index in [9.17, 15) is 14.4 Å². The molecule has 0 aliphatic heterocycles. The first kappa shape index (κ1) is 71.8. The number of esters is 3. The number of allylic oxidation sites excluding steroid dienone is 20. The monoisotopic (exact) mass is 1050 g/mol. The summed E-state index contributed by atoms with van der Waals surface area (Å²) in [5.74, 6) is -0.936. The molecule has 6 heteroatoms. The van der Waals surface area contributed by atoms with Gasteiger partial charge in [0, 0.05) is 19.3 Å². The molecule has 0 N–H and O–H groups in total. The second-order valence-corrected chi connectivity index (χ2v) is 20.5. The molecule has 0 saturated carbocycles. The van der Waals surface area contributed by atoms with Crippen LogP contribution in [0.4, 0.5) is 0 Å². The molecular weight excluding hydrogens is 937 g/mol. The van der Waals surface area contributed by atoms with Crippen LogP contribution in [0, 0.1) is 0 Å². The molecule has 432 valence electrons. The van der Waals surface area contributed by atoms with Crippen molar-refractivity contribution in [3.05, 3.63) is 122 Å². The number of carbonyl (C=O) groups is 3. The Kier molecular flexibility index (Phi) is 59.9. The molecule has 6 nitrogen and oxygen atoms in total. The van der Waals surface area contributed by atoms with Gasteiger partial charge in [0.05, 0.1) is 0 Å². The smallest absolute Gasteiger partial charge is 0.306 e. The van der Waals surface area contributed by atoms with Crippen LogP contribution in [0.15, 0.2) is 122 Å². The highest BCUT2D eigenvalue weighted by molar-refractivity contribution is 5.71. The van der Waals surface area contributed by atoms with Gasteiger partial charge in [-0.3, -0.25) is 14.4 Å². The Morgan fingerprint density at radius 3 is 0.816 bits per heavy atom. The molecule has 1 unspecified atom stereocenters. The molecule has 0 radical (unpaired) electrons. The number of ether oxygens (including phenoxy) is 3. The van der Waals surface area contributed by atoms with Gasteiger partial charge in [-0.2, -0.15) is 0 Å². The molecule has 0 aromatic carbocycles. The van der Waals surface area contributed by atoms with Crippen LogP contribution in [0.25, 0.3) is 0 Å². The van der Waals surface area contributed by atoms with Crippen molar-refractivity contribution in [2.45, 2.75) is 290 Å². The molecule has 0 aliphatic rings. The molecule has 0 aromatic heterocycles. The summed E-state index contributed by atoms with van der Waals surface area (Å²) in [6.45, 7) is 6.34. The van der Waals surface area contributed by atoms with Crippen LogP contribution in [-0.2, 0) is 28.6 Å². The lowest BCUT2D eigenvalue weighted by Crippen LogP contribution is -2.30. The highest BCUT2D eigenvalue weighted by Gasteiger charge is 2.19. The first-order chi connectivity index (χ1) is 37.5. The normalized spacial score (nSPS) is 12.9. The van der Waals surface area contributed by atoms with Crippen molar-refractivity contribution in [3.63, 3.8) is 0 Å². The maximum absolute atomic E-state index is 12.9. The van der Waals surface area contributed by atoms with E-state index in [-0.39, 0.29) is 31.1 Å². The minimum Gasteiger partial charge on any atom is -0.462 e. The van der Waals surface area contributed by atoms with Gasteiger partial charge in [0.15, 0.2) is 6.10 Å². The highest BCUT2D eigenvalue weighted by Crippen LogP contribution is 2.16. The fraction of sp³-hybridized carbons (Fsp3) is 0.671. The lowest BCUT2D eigenvalue weighted by atomic mass is 10.0. The summed E-state index contributed by atoms with van der Waals surface area (Å²) >= 11 is 0. The highest BCUT2D eigenvalue weighted by atomic mass is 16.6. The molecule has 0 aromatic rings. The third-order valence-electron chi connectivity index (χ3n) is 13.2. The Morgan fingerprint density at radius 1 is 0.276 bits per heavy atom. The fourth-order valence-corrected chi connectivity index (χ4v) is 8.50. The van der Waals surface area contributed by atoms with Crippen molar-refractivity contribution in [3.8, 4) is 0 Å². The van der Waals surface area contributed by atoms with E-state index in [1.807, 2.05) is 0 Å². The van der Waals surface area contributed by atoms with Gasteiger partial charge in [-0.15, -0.1) is 0 Å². The largest absolute Gasteiger partial charge is 0.462 e. The van der Waals surface area contributed by atoms with E-state index in [0.717, 1.165) is 141 Å². The van der Waals surface area contributed by atoms with E-state index in [4.69, 9.17) is 14.2 Å². The van der Waals surface area contributed by atoms with E-state index >= 15 is 0 Å². The third kappa shape index (κ3) is 60.7. The predicted octanol–water partition coefficient (Wildman–Crippen LogP) is 21.6. The molecule has 1 atom stereocenters. The van der Waals surface area contributed by atoms with E-state index in [1.54, 1.807) is 0 Å². The van der Waals surface area contributed by atoms with Crippen LogP contribution < -0.4 is 0 Å². The average molecular weight is 1050 g/mol. The lowest BCUT2D eigenvalue weighted by Gasteiger charge is -2.18. The van der Waals surface area contributed by atoms with Gasteiger partial charge in [0.25, 0.3) is 0 Å². The summed E-state index contributed by atoms with van der Waals surface area (Å²) in [4.78, 5) is 38.2. The van der Waals surface area contributed by atoms with Gasteiger partial charge in [-0.05, 0) is 122 Å². The molecule has 0 heterocycles. The van der Waals surface area contributed by atoms with Gasteiger partial charge in [-0.1, -0.05) is 264 Å². The predicted molar refractivity (Wildman–Crippen MR) is 330 cm³/mol. The summed E-state index contributed by atoms with van der Waals surface area (Å²) in [6.07, 6.45) is 87.9. The topological polar surface area (TPSA) is 78.9 Å². The summed E-state index contributed by atoms with van der Waals surface area (Å²) < 4.78 is 16.8. The molecule has 76 heavy (non-hydrogen) atoms. The van der Waals surface area contributed by atoms with Gasteiger partial charge in [0.1, 0.15) is 13.2 Å². The SMILES string of the molecule is CC/C=C\C/C=C\C/C=C\C/C=C\C/C=C\CCCCCCCCCCCCCCCCCC(=O)OCC(COC(=O)CCCCC/C=C\C/C=C\C/C=C\CC)OC(=O)CCCCCCC/C=C\C/C=C\CCCC. The second kappa shape index (κ2) is 63.3. The van der Waals surface area contributed by atoms with Gasteiger partial charge >= 0.3 is 17.9 Å². The maximum atomic E-state index is 12.9. The van der Waals surface area contributed by atoms with Crippen molar-refractivity contribution in [1.29, 1.82) is 0 Å². The standard InChI is InChI=1S/C70H116O6/c1-4-7-10-13-16-19-22-25-27-28-29-30-31-32-33-34-35-36-37-38-39-40-41-42-43-46-48-51-54-57-60-63-69(72)75-66-67(65-74-68(71)62-59-56-53-50-47-44-24-21-18-15-12-9-6-3)76-70(73)64-61-58-55-52-49-45-26-23-20-17-14-11-8-5-2/h7,9-10,12,14,16-19,21,23,25-27,29-30,32-33,44,47,67H,4-6,8,11,13,15,20,22,24,28,31,34-43,45-46,48-66H2,1-3H3/b10-7-,12-9-,17-14-,19-16-,21-18-,26-23-,27-25-,30-29-,33-32-,47-44-. The van der Waals surface area contributed by atoms with Crippen molar-refractivity contribution in [2.75, 3.05) is 13.2 Å². The Morgan fingerprint density at radius 2 is 0.513 bits per heavy atom. The minimum absolute atomic E-state index is 0.0940. The van der Waals surface area contributed by atoms with Crippen molar-refractivity contribution in [1.82, 2.24) is 0 Å². The van der Waals surface area contributed by atoms with Crippen LogP contribution in [0.5, 0.6) is 0 Å². The fourth-order valence-electron chi connectivity index (χ4n) is 8.50. The number of rotatable bonds is 56. The Hall–Kier alpha value is -4.19. The number of unbranched alkanes of at least 4 members (excludes halogenated alkanes) is 25. The molecule has 0 fully saturated rings. The first-order valence-electron chi connectivity index (χ1n) is 31.5. The Labute approximate surface area is 469 Å². The van der Waals surface area contributed by atoms with Crippen molar-refractivity contribution in [2.24, 2.45) is 0 Å². The van der Waals surface area contributed by atoms with Gasteiger partial charge < -0.3 is 14.2 Å². The lowest BCUT2D eigenvalue weighted by molar-refractivity contribution is -0.167. The van der Waals surface area contributed by atoms with Crippen LogP contribution in [0.1, 0.15) is 284 Å². The minimum atomic E-state index is -0.799. The molecule has 0 spiro atoms.